The van der Waals surface area contributed by atoms with Crippen LogP contribution in [0.25, 0.3) is 0 Å². The van der Waals surface area contributed by atoms with Crippen molar-refractivity contribution in [2.75, 3.05) is 32.4 Å². The summed E-state index contributed by atoms with van der Waals surface area (Å²) in [7, 11) is -3.22. The van der Waals surface area contributed by atoms with Gasteiger partial charge in [0.25, 0.3) is 0 Å². The van der Waals surface area contributed by atoms with Crippen LogP contribution in [-0.2, 0) is 14.8 Å². The van der Waals surface area contributed by atoms with E-state index in [-0.39, 0.29) is 5.91 Å². The minimum Gasteiger partial charge on any atom is -0.343 e. The van der Waals surface area contributed by atoms with Crippen LogP contribution in [0.5, 0.6) is 0 Å². The Bertz CT molecular complexity index is 401. The third-order valence-electron chi connectivity index (χ3n) is 4.01. The topological polar surface area (TPSA) is 57.7 Å². The summed E-state index contributed by atoms with van der Waals surface area (Å²) in [5.41, 5.74) is 0. The summed E-state index contributed by atoms with van der Waals surface area (Å²) >= 11 is 0. The Hall–Kier alpha value is -0.620. The highest BCUT2D eigenvalue weighted by Gasteiger charge is 2.20. The molecule has 0 N–H and O–H groups in total. The van der Waals surface area contributed by atoms with Crippen LogP contribution in [0.4, 0.5) is 0 Å². The van der Waals surface area contributed by atoms with Gasteiger partial charge in [0.1, 0.15) is 0 Å². The van der Waals surface area contributed by atoms with Crippen LogP contribution in [-0.4, -0.2) is 56.0 Å². The first kappa shape index (κ1) is 18.4. The number of unbranched alkanes of at least 4 members (excludes halogenated alkanes) is 2. The van der Waals surface area contributed by atoms with Gasteiger partial charge in [-0.05, 0) is 19.3 Å². The average molecular weight is 318 g/mol. The Kier molecular flexibility index (Phi) is 8.26. The average Bonchev–Trinajstić information content (AvgIpc) is 2.70. The molecule has 0 bridgehead atoms. The Balaban J connectivity index is 2.45. The maximum absolute atomic E-state index is 12.2. The molecule has 1 rings (SSSR count). The van der Waals surface area contributed by atoms with Crippen molar-refractivity contribution >= 4 is 15.9 Å². The molecule has 1 amide bonds. The number of amides is 1. The summed E-state index contributed by atoms with van der Waals surface area (Å²) in [6, 6.07) is 0. The SMILES string of the molecule is CCCCCN(CCC(=O)N1CCCCCC1)S(C)(=O)=O. The van der Waals surface area contributed by atoms with Crippen LogP contribution in [0.15, 0.2) is 0 Å². The van der Waals surface area contributed by atoms with Crippen LogP contribution in [0.1, 0.15) is 58.3 Å². The van der Waals surface area contributed by atoms with Crippen molar-refractivity contribution in [1.29, 1.82) is 0 Å². The van der Waals surface area contributed by atoms with Gasteiger partial charge in [-0.1, -0.05) is 32.6 Å². The van der Waals surface area contributed by atoms with Crippen LogP contribution < -0.4 is 0 Å². The van der Waals surface area contributed by atoms with Crippen LogP contribution in [0, 0.1) is 0 Å². The predicted octanol–water partition coefficient (Wildman–Crippen LogP) is 2.23. The van der Waals surface area contributed by atoms with Crippen molar-refractivity contribution in [2.45, 2.75) is 58.3 Å². The second-order valence-corrected chi connectivity index (χ2v) is 7.90. The lowest BCUT2D eigenvalue weighted by atomic mass is 10.2. The molecule has 124 valence electrons. The van der Waals surface area contributed by atoms with Crippen molar-refractivity contribution in [3.63, 3.8) is 0 Å². The highest BCUT2D eigenvalue weighted by Crippen LogP contribution is 2.12. The minimum atomic E-state index is -3.22. The van der Waals surface area contributed by atoms with Gasteiger partial charge in [-0.25, -0.2) is 12.7 Å². The lowest BCUT2D eigenvalue weighted by Crippen LogP contribution is -2.37. The second-order valence-electron chi connectivity index (χ2n) is 5.91. The minimum absolute atomic E-state index is 0.0982. The first-order chi connectivity index (χ1) is 9.95. The highest BCUT2D eigenvalue weighted by atomic mass is 32.2. The Morgan fingerprint density at radius 2 is 1.67 bits per heavy atom. The fraction of sp³-hybridized carbons (Fsp3) is 0.933. The summed E-state index contributed by atoms with van der Waals surface area (Å²) in [6.45, 7) is 4.59. The number of likely N-dealkylation sites (tertiary alicyclic amines) is 1. The predicted molar refractivity (Wildman–Crippen MR) is 85.6 cm³/mol. The molecule has 5 nitrogen and oxygen atoms in total. The highest BCUT2D eigenvalue weighted by molar-refractivity contribution is 7.88. The van der Waals surface area contributed by atoms with E-state index in [0.717, 1.165) is 45.2 Å². The van der Waals surface area contributed by atoms with E-state index < -0.39 is 10.0 Å². The van der Waals surface area contributed by atoms with Gasteiger partial charge < -0.3 is 4.90 Å². The zero-order valence-electron chi connectivity index (χ0n) is 13.5. The number of hydrogen-bond acceptors (Lipinski definition) is 3. The zero-order chi connectivity index (χ0) is 15.7. The van der Waals surface area contributed by atoms with Crippen molar-refractivity contribution in [2.24, 2.45) is 0 Å². The molecule has 0 aromatic heterocycles. The number of carbonyl (C=O) groups excluding carboxylic acids is 1. The Labute approximate surface area is 129 Å². The number of nitrogens with zero attached hydrogens (tertiary/aromatic N) is 2. The molecule has 21 heavy (non-hydrogen) atoms. The van der Waals surface area contributed by atoms with Crippen LogP contribution >= 0.6 is 0 Å². The van der Waals surface area contributed by atoms with Gasteiger partial charge in [0.15, 0.2) is 0 Å². The smallest absolute Gasteiger partial charge is 0.223 e. The molecular weight excluding hydrogens is 288 g/mol. The van der Waals surface area contributed by atoms with E-state index in [0.29, 0.717) is 19.5 Å². The lowest BCUT2D eigenvalue weighted by molar-refractivity contribution is -0.131. The third-order valence-corrected chi connectivity index (χ3v) is 5.32. The molecule has 1 heterocycles. The molecule has 0 aliphatic carbocycles. The van der Waals surface area contributed by atoms with Gasteiger partial charge in [0, 0.05) is 32.6 Å². The zero-order valence-corrected chi connectivity index (χ0v) is 14.3. The normalized spacial score (nSPS) is 17.0. The summed E-state index contributed by atoms with van der Waals surface area (Å²) < 4.78 is 25.0. The van der Waals surface area contributed by atoms with E-state index in [1.165, 1.54) is 23.4 Å². The molecule has 0 radical (unpaired) electrons. The van der Waals surface area contributed by atoms with Gasteiger partial charge in [-0.2, -0.15) is 0 Å². The van der Waals surface area contributed by atoms with E-state index in [2.05, 4.69) is 6.92 Å². The Morgan fingerprint density at radius 3 is 2.19 bits per heavy atom. The fourth-order valence-corrected chi connectivity index (χ4v) is 3.56. The van der Waals surface area contributed by atoms with E-state index in [1.807, 2.05) is 4.90 Å². The molecular formula is C15H30N2O3S. The summed E-state index contributed by atoms with van der Waals surface area (Å²) in [5.74, 6) is 0.0982. The maximum atomic E-state index is 12.2. The first-order valence-corrected chi connectivity index (χ1v) is 10.0. The maximum Gasteiger partial charge on any atom is 0.223 e. The van der Waals surface area contributed by atoms with Gasteiger partial charge in [-0.3, -0.25) is 4.79 Å². The summed E-state index contributed by atoms with van der Waals surface area (Å²) in [6.07, 6.45) is 9.00. The van der Waals surface area contributed by atoms with Gasteiger partial charge in [0.2, 0.25) is 15.9 Å². The van der Waals surface area contributed by atoms with Gasteiger partial charge in [0.05, 0.1) is 6.26 Å². The second kappa shape index (κ2) is 9.41. The van der Waals surface area contributed by atoms with Crippen LogP contribution in [0.2, 0.25) is 0 Å². The monoisotopic (exact) mass is 318 g/mol. The van der Waals surface area contributed by atoms with Crippen molar-refractivity contribution < 1.29 is 13.2 Å². The summed E-state index contributed by atoms with van der Waals surface area (Å²) in [4.78, 5) is 14.1. The third kappa shape index (κ3) is 7.27. The molecule has 1 aliphatic heterocycles. The van der Waals surface area contributed by atoms with Crippen molar-refractivity contribution in [1.82, 2.24) is 9.21 Å². The van der Waals surface area contributed by atoms with Gasteiger partial charge in [-0.15, -0.1) is 0 Å². The molecule has 1 aliphatic rings. The van der Waals surface area contributed by atoms with Crippen molar-refractivity contribution in [3.05, 3.63) is 0 Å². The molecule has 0 aromatic carbocycles. The Morgan fingerprint density at radius 1 is 1.05 bits per heavy atom. The largest absolute Gasteiger partial charge is 0.343 e. The van der Waals surface area contributed by atoms with E-state index in [1.54, 1.807) is 0 Å². The lowest BCUT2D eigenvalue weighted by Gasteiger charge is -2.23. The molecule has 0 unspecified atom stereocenters. The fourth-order valence-electron chi connectivity index (χ4n) is 2.68. The van der Waals surface area contributed by atoms with E-state index >= 15 is 0 Å². The number of hydrogen-bond donors (Lipinski definition) is 0. The molecule has 0 spiro atoms. The van der Waals surface area contributed by atoms with E-state index in [9.17, 15) is 13.2 Å². The van der Waals surface area contributed by atoms with E-state index in [4.69, 9.17) is 0 Å². The number of carbonyl (C=O) groups is 1. The number of sulfonamides is 1. The molecule has 1 fully saturated rings. The molecule has 6 heteroatoms. The van der Waals surface area contributed by atoms with Crippen LogP contribution in [0.3, 0.4) is 0 Å². The molecule has 0 saturated carbocycles. The van der Waals surface area contributed by atoms with Crippen molar-refractivity contribution in [3.8, 4) is 0 Å². The molecule has 0 atom stereocenters. The number of rotatable bonds is 8. The molecule has 1 saturated heterocycles. The quantitative estimate of drug-likeness (QED) is 0.645. The van der Waals surface area contributed by atoms with Gasteiger partial charge >= 0.3 is 0 Å². The molecule has 0 aromatic rings. The summed E-state index contributed by atoms with van der Waals surface area (Å²) in [5, 5.41) is 0. The first-order valence-electron chi connectivity index (χ1n) is 8.18. The standard InChI is InChI=1S/C15H30N2O3S/c1-3-4-7-13-17(21(2,19)20)14-10-15(18)16-11-8-5-6-9-12-16/h3-14H2,1-2H3.